The van der Waals surface area contributed by atoms with Crippen LogP contribution in [0.15, 0.2) is 66.7 Å². The van der Waals surface area contributed by atoms with Gasteiger partial charge in [-0.05, 0) is 42.5 Å². The molecule has 0 fully saturated rings. The Balaban J connectivity index is 1.61. The van der Waals surface area contributed by atoms with E-state index in [4.69, 9.17) is 4.74 Å². The third-order valence-corrected chi connectivity index (χ3v) is 5.06. The van der Waals surface area contributed by atoms with Crippen LogP contribution in [-0.4, -0.2) is 14.8 Å². The average Bonchev–Trinajstić information content (AvgIpc) is 3.12. The molecule has 0 aliphatic rings. The molecule has 1 heterocycles. The summed E-state index contributed by atoms with van der Waals surface area (Å²) in [4.78, 5) is 25.2. The summed E-state index contributed by atoms with van der Waals surface area (Å²) in [6.45, 7) is 0. The molecule has 0 amide bonds. The van der Waals surface area contributed by atoms with Gasteiger partial charge in [0.15, 0.2) is 0 Å². The van der Waals surface area contributed by atoms with E-state index in [1.165, 1.54) is 6.07 Å². The fourth-order valence-corrected chi connectivity index (χ4v) is 3.61. The summed E-state index contributed by atoms with van der Waals surface area (Å²) in [6, 6.07) is 18.1. The number of nitro benzene ring substituents is 2. The Morgan fingerprint density at radius 2 is 1.64 bits per heavy atom. The Morgan fingerprint density at radius 3 is 2.32 bits per heavy atom. The van der Waals surface area contributed by atoms with Gasteiger partial charge in [0.2, 0.25) is 5.75 Å². The number of para-hydroxylation sites is 1. The number of benzene rings is 3. The van der Waals surface area contributed by atoms with Crippen molar-refractivity contribution in [3.05, 3.63) is 87.0 Å². The molecule has 0 aliphatic heterocycles. The van der Waals surface area contributed by atoms with Gasteiger partial charge in [-0.2, -0.15) is 0 Å². The van der Waals surface area contributed by atoms with E-state index < -0.39 is 15.5 Å². The first-order chi connectivity index (χ1) is 13.5. The van der Waals surface area contributed by atoms with Crippen LogP contribution in [0, 0.1) is 20.2 Å². The van der Waals surface area contributed by atoms with Gasteiger partial charge in [-0.3, -0.25) is 20.2 Å². The number of aromatic nitrogens is 1. The van der Waals surface area contributed by atoms with Gasteiger partial charge < -0.3 is 4.74 Å². The van der Waals surface area contributed by atoms with Crippen LogP contribution in [-0.2, 0) is 0 Å². The minimum atomic E-state index is -0.710. The number of hydrogen-bond acceptors (Lipinski definition) is 7. The normalized spacial score (nSPS) is 10.7. The third kappa shape index (κ3) is 3.38. The molecule has 0 saturated heterocycles. The molecule has 0 atom stereocenters. The minimum absolute atomic E-state index is 0.0664. The predicted octanol–water partition coefficient (Wildman–Crippen LogP) is 5.57. The molecule has 0 unspecified atom stereocenters. The number of rotatable bonds is 5. The molecule has 3 aromatic carbocycles. The van der Waals surface area contributed by atoms with Crippen molar-refractivity contribution in [2.75, 3.05) is 0 Å². The number of fused-ring (bicyclic) bond motifs is 1. The van der Waals surface area contributed by atoms with Gasteiger partial charge in [-0.15, -0.1) is 11.3 Å². The van der Waals surface area contributed by atoms with E-state index in [9.17, 15) is 20.2 Å². The maximum Gasteiger partial charge on any atom is 0.318 e. The molecule has 1 aromatic heterocycles. The highest BCUT2D eigenvalue weighted by Crippen LogP contribution is 2.36. The number of nitro groups is 2. The topological polar surface area (TPSA) is 108 Å². The second-order valence-electron chi connectivity index (χ2n) is 5.78. The monoisotopic (exact) mass is 393 g/mol. The quantitative estimate of drug-likeness (QED) is 0.324. The maximum atomic E-state index is 11.2. The van der Waals surface area contributed by atoms with E-state index in [0.29, 0.717) is 5.75 Å². The van der Waals surface area contributed by atoms with Gasteiger partial charge in [-0.25, -0.2) is 4.98 Å². The van der Waals surface area contributed by atoms with Crippen LogP contribution in [0.4, 0.5) is 11.4 Å². The first-order valence-electron chi connectivity index (χ1n) is 8.08. The van der Waals surface area contributed by atoms with E-state index in [2.05, 4.69) is 4.98 Å². The molecule has 0 radical (unpaired) electrons. The van der Waals surface area contributed by atoms with Crippen LogP contribution in [0.2, 0.25) is 0 Å². The minimum Gasteiger partial charge on any atom is -0.450 e. The molecule has 0 spiro atoms. The molecule has 138 valence electrons. The van der Waals surface area contributed by atoms with Crippen molar-refractivity contribution in [1.29, 1.82) is 0 Å². The van der Waals surface area contributed by atoms with Crippen molar-refractivity contribution in [2.24, 2.45) is 0 Å². The van der Waals surface area contributed by atoms with E-state index in [1.807, 2.05) is 36.4 Å². The van der Waals surface area contributed by atoms with E-state index in [1.54, 1.807) is 23.5 Å². The lowest BCUT2D eigenvalue weighted by atomic mass is 10.2. The summed E-state index contributed by atoms with van der Waals surface area (Å²) >= 11 is 1.57. The highest BCUT2D eigenvalue weighted by atomic mass is 32.1. The van der Waals surface area contributed by atoms with E-state index >= 15 is 0 Å². The number of nitrogens with zero attached hydrogens (tertiary/aromatic N) is 3. The standard InChI is InChI=1S/C19H11N3O5S/c23-21(24)13-7-10-17(16(11-13)22(25)26)27-14-8-5-12(6-9-14)19-20-15-3-1-2-4-18(15)28-19/h1-11H. The average molecular weight is 393 g/mol. The molecule has 4 aromatic rings. The van der Waals surface area contributed by atoms with Crippen molar-refractivity contribution in [2.45, 2.75) is 0 Å². The van der Waals surface area contributed by atoms with Crippen LogP contribution in [0.1, 0.15) is 0 Å². The molecule has 4 rings (SSSR count). The number of non-ortho nitro benzene ring substituents is 1. The SMILES string of the molecule is O=[N+]([O-])c1ccc(Oc2ccc(-c3nc4ccccc4s3)cc2)c([N+](=O)[O-])c1. The largest absolute Gasteiger partial charge is 0.450 e. The Hall–Kier alpha value is -3.85. The van der Waals surface area contributed by atoms with Gasteiger partial charge in [0, 0.05) is 11.6 Å². The zero-order chi connectivity index (χ0) is 19.7. The predicted molar refractivity (Wildman–Crippen MR) is 105 cm³/mol. The van der Waals surface area contributed by atoms with Gasteiger partial charge in [0.25, 0.3) is 5.69 Å². The highest BCUT2D eigenvalue weighted by molar-refractivity contribution is 7.21. The maximum absolute atomic E-state index is 11.2. The lowest BCUT2D eigenvalue weighted by molar-refractivity contribution is -0.394. The van der Waals surface area contributed by atoms with Crippen LogP contribution in [0.3, 0.4) is 0 Å². The lowest BCUT2D eigenvalue weighted by Gasteiger charge is -2.06. The van der Waals surface area contributed by atoms with Crippen LogP contribution < -0.4 is 4.74 Å². The van der Waals surface area contributed by atoms with Crippen molar-refractivity contribution in [3.8, 4) is 22.1 Å². The fraction of sp³-hybridized carbons (Fsp3) is 0. The molecule has 9 heteroatoms. The molecular weight excluding hydrogens is 382 g/mol. The van der Waals surface area contributed by atoms with E-state index in [0.717, 1.165) is 32.9 Å². The molecule has 28 heavy (non-hydrogen) atoms. The summed E-state index contributed by atoms with van der Waals surface area (Å²) in [7, 11) is 0. The highest BCUT2D eigenvalue weighted by Gasteiger charge is 2.21. The zero-order valence-corrected chi connectivity index (χ0v) is 15.0. The zero-order valence-electron chi connectivity index (χ0n) is 14.1. The summed E-state index contributed by atoms with van der Waals surface area (Å²) in [5.74, 6) is 0.310. The van der Waals surface area contributed by atoms with Crippen molar-refractivity contribution < 1.29 is 14.6 Å². The first-order valence-corrected chi connectivity index (χ1v) is 8.89. The van der Waals surface area contributed by atoms with E-state index in [-0.39, 0.29) is 11.4 Å². The smallest absolute Gasteiger partial charge is 0.318 e. The Kier molecular flexibility index (Phi) is 4.42. The summed E-state index contributed by atoms with van der Waals surface area (Å²) in [5, 5.41) is 22.9. The Morgan fingerprint density at radius 1 is 0.893 bits per heavy atom. The van der Waals surface area contributed by atoms with Crippen LogP contribution >= 0.6 is 11.3 Å². The molecule has 0 saturated carbocycles. The first kappa shape index (κ1) is 17.6. The van der Waals surface area contributed by atoms with Crippen LogP contribution in [0.25, 0.3) is 20.8 Å². The fourth-order valence-electron chi connectivity index (χ4n) is 2.64. The number of hydrogen-bond donors (Lipinski definition) is 0. The van der Waals surface area contributed by atoms with Crippen molar-refractivity contribution in [3.63, 3.8) is 0 Å². The van der Waals surface area contributed by atoms with Crippen molar-refractivity contribution >= 4 is 32.9 Å². The lowest BCUT2D eigenvalue weighted by Crippen LogP contribution is -1.96. The third-order valence-electron chi connectivity index (χ3n) is 3.97. The van der Waals surface area contributed by atoms with Crippen LogP contribution in [0.5, 0.6) is 11.5 Å². The van der Waals surface area contributed by atoms with Gasteiger partial charge in [-0.1, -0.05) is 12.1 Å². The summed E-state index contributed by atoms with van der Waals surface area (Å²) in [5.41, 5.74) is 0.978. The second kappa shape index (κ2) is 7.05. The molecular formula is C19H11N3O5S. The second-order valence-corrected chi connectivity index (χ2v) is 6.81. The Labute approximate surface area is 162 Å². The molecule has 0 aliphatic carbocycles. The van der Waals surface area contributed by atoms with Gasteiger partial charge in [0.05, 0.1) is 26.1 Å². The molecule has 8 nitrogen and oxygen atoms in total. The van der Waals surface area contributed by atoms with Crippen molar-refractivity contribution in [1.82, 2.24) is 4.98 Å². The Bertz CT molecular complexity index is 1170. The van der Waals surface area contributed by atoms with Gasteiger partial charge >= 0.3 is 5.69 Å². The van der Waals surface area contributed by atoms with Gasteiger partial charge in [0.1, 0.15) is 10.8 Å². The molecule has 0 N–H and O–H groups in total. The summed E-state index contributed by atoms with van der Waals surface area (Å²) in [6.07, 6.45) is 0. The number of thiazole rings is 1. The summed E-state index contributed by atoms with van der Waals surface area (Å²) < 4.78 is 6.66. The molecule has 0 bridgehead atoms. The number of ether oxygens (including phenoxy) is 1.